The molecular weight excluding hydrogens is 372 g/mol. The molecule has 2 fully saturated rings. The standard InChI is InChI=1S/C22H36N2O5/c1-27-21-2-3-22(18(12-21)14-23-13-17-6-10-28-11-7-17)29-16-20(26)15-24-8-4-19(25)5-9-24/h2-3,12,17,19-20,23,25-26H,4-11,13-16H2,1H3. The van der Waals surface area contributed by atoms with Crippen molar-refractivity contribution in [2.45, 2.75) is 44.4 Å². The summed E-state index contributed by atoms with van der Waals surface area (Å²) in [6, 6.07) is 5.79. The van der Waals surface area contributed by atoms with Gasteiger partial charge in [0.05, 0.1) is 13.2 Å². The highest BCUT2D eigenvalue weighted by atomic mass is 16.5. The van der Waals surface area contributed by atoms with E-state index in [2.05, 4.69) is 10.2 Å². The number of hydrogen-bond donors (Lipinski definition) is 3. The van der Waals surface area contributed by atoms with E-state index in [1.807, 2.05) is 18.2 Å². The highest BCUT2D eigenvalue weighted by Crippen LogP contribution is 2.25. The van der Waals surface area contributed by atoms with Crippen LogP contribution in [0, 0.1) is 5.92 Å². The monoisotopic (exact) mass is 408 g/mol. The second-order valence-electron chi connectivity index (χ2n) is 8.16. The van der Waals surface area contributed by atoms with Gasteiger partial charge in [-0.2, -0.15) is 0 Å². The number of nitrogens with one attached hydrogen (secondary N) is 1. The van der Waals surface area contributed by atoms with Gasteiger partial charge in [0.1, 0.15) is 24.2 Å². The first-order valence-corrected chi connectivity index (χ1v) is 10.8. The molecule has 2 heterocycles. The van der Waals surface area contributed by atoms with Crippen molar-refractivity contribution in [3.05, 3.63) is 23.8 Å². The molecule has 7 heteroatoms. The number of aliphatic hydroxyl groups excluding tert-OH is 2. The Morgan fingerprint density at radius 3 is 2.69 bits per heavy atom. The van der Waals surface area contributed by atoms with Crippen LogP contribution in [0.3, 0.4) is 0 Å². The lowest BCUT2D eigenvalue weighted by Crippen LogP contribution is -2.41. The molecular formula is C22H36N2O5. The molecule has 2 saturated heterocycles. The van der Waals surface area contributed by atoms with Gasteiger partial charge in [0, 0.05) is 45.0 Å². The van der Waals surface area contributed by atoms with Crippen LogP contribution in [0.2, 0.25) is 0 Å². The van der Waals surface area contributed by atoms with Crippen LogP contribution in [0.5, 0.6) is 11.5 Å². The summed E-state index contributed by atoms with van der Waals surface area (Å²) < 4.78 is 16.8. The Kier molecular flexibility index (Phi) is 9.01. The third kappa shape index (κ3) is 7.42. The van der Waals surface area contributed by atoms with Crippen molar-refractivity contribution >= 4 is 0 Å². The largest absolute Gasteiger partial charge is 0.497 e. The number of likely N-dealkylation sites (tertiary alicyclic amines) is 1. The lowest BCUT2D eigenvalue weighted by molar-refractivity contribution is 0.0336. The van der Waals surface area contributed by atoms with Crippen molar-refractivity contribution in [3.63, 3.8) is 0 Å². The quantitative estimate of drug-likeness (QED) is 0.540. The summed E-state index contributed by atoms with van der Waals surface area (Å²) in [5, 5.41) is 23.5. The third-order valence-electron chi connectivity index (χ3n) is 5.81. The zero-order chi connectivity index (χ0) is 20.5. The molecule has 3 N–H and O–H groups in total. The summed E-state index contributed by atoms with van der Waals surface area (Å²) in [4.78, 5) is 2.19. The molecule has 29 heavy (non-hydrogen) atoms. The van der Waals surface area contributed by atoms with E-state index in [1.165, 1.54) is 0 Å². The van der Waals surface area contributed by atoms with Gasteiger partial charge in [-0.1, -0.05) is 0 Å². The highest BCUT2D eigenvalue weighted by molar-refractivity contribution is 5.40. The first kappa shape index (κ1) is 22.3. The first-order chi connectivity index (χ1) is 14.1. The number of ether oxygens (including phenoxy) is 3. The Balaban J connectivity index is 1.48. The van der Waals surface area contributed by atoms with Gasteiger partial charge in [-0.3, -0.25) is 0 Å². The van der Waals surface area contributed by atoms with Crippen molar-refractivity contribution in [2.75, 3.05) is 53.1 Å². The van der Waals surface area contributed by atoms with Gasteiger partial charge in [0.25, 0.3) is 0 Å². The maximum Gasteiger partial charge on any atom is 0.124 e. The molecule has 1 atom stereocenters. The van der Waals surface area contributed by atoms with E-state index in [0.29, 0.717) is 19.0 Å². The van der Waals surface area contributed by atoms with Crippen LogP contribution in [0.15, 0.2) is 18.2 Å². The predicted octanol–water partition coefficient (Wildman–Crippen LogP) is 1.41. The molecule has 1 aromatic carbocycles. The average Bonchev–Trinajstić information content (AvgIpc) is 2.75. The number of β-amino-alcohol motifs (C(OH)–C–C–N with tert-alkyl or cyclic N) is 1. The second-order valence-corrected chi connectivity index (χ2v) is 8.16. The first-order valence-electron chi connectivity index (χ1n) is 10.8. The molecule has 1 unspecified atom stereocenters. The lowest BCUT2D eigenvalue weighted by atomic mass is 10.0. The summed E-state index contributed by atoms with van der Waals surface area (Å²) in [7, 11) is 1.66. The molecule has 164 valence electrons. The van der Waals surface area contributed by atoms with Crippen LogP contribution in [-0.2, 0) is 11.3 Å². The maximum atomic E-state index is 10.4. The second kappa shape index (κ2) is 11.7. The van der Waals surface area contributed by atoms with Crippen LogP contribution in [0.4, 0.5) is 0 Å². The Morgan fingerprint density at radius 2 is 1.97 bits per heavy atom. The van der Waals surface area contributed by atoms with E-state index < -0.39 is 6.10 Å². The summed E-state index contributed by atoms with van der Waals surface area (Å²) in [5.74, 6) is 2.23. The van der Waals surface area contributed by atoms with Crippen molar-refractivity contribution in [3.8, 4) is 11.5 Å². The Morgan fingerprint density at radius 1 is 1.21 bits per heavy atom. The third-order valence-corrected chi connectivity index (χ3v) is 5.81. The molecule has 0 bridgehead atoms. The lowest BCUT2D eigenvalue weighted by Gasteiger charge is -2.31. The van der Waals surface area contributed by atoms with Crippen molar-refractivity contribution in [1.82, 2.24) is 10.2 Å². The Labute approximate surface area is 173 Å². The molecule has 0 saturated carbocycles. The van der Waals surface area contributed by atoms with E-state index in [0.717, 1.165) is 75.6 Å². The molecule has 0 amide bonds. The molecule has 3 rings (SSSR count). The van der Waals surface area contributed by atoms with Gasteiger partial charge in [0.15, 0.2) is 0 Å². The number of rotatable bonds is 10. The van der Waals surface area contributed by atoms with Crippen LogP contribution in [-0.4, -0.2) is 80.4 Å². The summed E-state index contributed by atoms with van der Waals surface area (Å²) >= 11 is 0. The predicted molar refractivity (Wildman–Crippen MR) is 111 cm³/mol. The zero-order valence-electron chi connectivity index (χ0n) is 17.5. The Bertz CT molecular complexity index is 601. The van der Waals surface area contributed by atoms with E-state index in [-0.39, 0.29) is 12.7 Å². The van der Waals surface area contributed by atoms with Crippen molar-refractivity contribution in [1.29, 1.82) is 0 Å². The minimum atomic E-state index is -0.560. The minimum absolute atomic E-state index is 0.199. The normalized spacial score (nSPS) is 20.5. The van der Waals surface area contributed by atoms with Gasteiger partial charge < -0.3 is 34.6 Å². The van der Waals surface area contributed by atoms with Crippen LogP contribution < -0.4 is 14.8 Å². The fraction of sp³-hybridized carbons (Fsp3) is 0.727. The molecule has 2 aliphatic heterocycles. The number of methoxy groups -OCH3 is 1. The number of hydrogen-bond acceptors (Lipinski definition) is 7. The fourth-order valence-corrected chi connectivity index (χ4v) is 3.96. The molecule has 1 aromatic rings. The van der Waals surface area contributed by atoms with E-state index in [4.69, 9.17) is 14.2 Å². The van der Waals surface area contributed by atoms with Crippen LogP contribution in [0.25, 0.3) is 0 Å². The summed E-state index contributed by atoms with van der Waals surface area (Å²) in [6.07, 6.45) is 3.00. The molecule has 0 radical (unpaired) electrons. The van der Waals surface area contributed by atoms with Crippen molar-refractivity contribution < 1.29 is 24.4 Å². The number of nitrogens with zero attached hydrogens (tertiary/aromatic N) is 1. The van der Waals surface area contributed by atoms with Gasteiger partial charge >= 0.3 is 0 Å². The molecule has 0 spiro atoms. The van der Waals surface area contributed by atoms with Gasteiger partial charge in [-0.25, -0.2) is 0 Å². The average molecular weight is 409 g/mol. The SMILES string of the molecule is COc1ccc(OCC(O)CN2CCC(O)CC2)c(CNCC2CCOCC2)c1. The minimum Gasteiger partial charge on any atom is -0.497 e. The van der Waals surface area contributed by atoms with Crippen molar-refractivity contribution in [2.24, 2.45) is 5.92 Å². The number of aliphatic hydroxyl groups is 2. The topological polar surface area (TPSA) is 83.4 Å². The summed E-state index contributed by atoms with van der Waals surface area (Å²) in [5.41, 5.74) is 1.03. The Hall–Kier alpha value is -1.38. The fourth-order valence-electron chi connectivity index (χ4n) is 3.96. The zero-order valence-corrected chi connectivity index (χ0v) is 17.5. The smallest absolute Gasteiger partial charge is 0.124 e. The van der Waals surface area contributed by atoms with Crippen LogP contribution >= 0.6 is 0 Å². The van der Waals surface area contributed by atoms with Gasteiger partial charge in [0.2, 0.25) is 0 Å². The van der Waals surface area contributed by atoms with Gasteiger partial charge in [-0.05, 0) is 56.3 Å². The van der Waals surface area contributed by atoms with E-state index >= 15 is 0 Å². The highest BCUT2D eigenvalue weighted by Gasteiger charge is 2.20. The number of benzene rings is 1. The van der Waals surface area contributed by atoms with Crippen LogP contribution in [0.1, 0.15) is 31.2 Å². The molecule has 0 aliphatic carbocycles. The summed E-state index contributed by atoms with van der Waals surface area (Å²) in [6.45, 7) is 5.83. The molecule has 0 aromatic heterocycles. The maximum absolute atomic E-state index is 10.4. The van der Waals surface area contributed by atoms with E-state index in [1.54, 1.807) is 7.11 Å². The molecule has 2 aliphatic rings. The number of piperidine rings is 1. The molecule has 7 nitrogen and oxygen atoms in total. The van der Waals surface area contributed by atoms with E-state index in [9.17, 15) is 10.2 Å². The van der Waals surface area contributed by atoms with Gasteiger partial charge in [-0.15, -0.1) is 0 Å².